The average molecular weight is 679 g/mol. The van der Waals surface area contributed by atoms with Crippen LogP contribution in [-0.2, 0) is 40.7 Å². The van der Waals surface area contributed by atoms with Crippen LogP contribution in [0.15, 0.2) is 51.1 Å². The summed E-state index contributed by atoms with van der Waals surface area (Å²) >= 11 is 0. The van der Waals surface area contributed by atoms with Crippen molar-refractivity contribution in [2.24, 2.45) is 0 Å². The molecule has 4 aromatic rings. The molecule has 0 spiro atoms. The molecular formula is C28H29F3O10S3. The minimum Gasteiger partial charge on any atom is -0.396 e. The number of rotatable bonds is 14. The molecule has 0 aliphatic carbocycles. The normalized spacial score (nSPS) is 13.4. The van der Waals surface area contributed by atoms with E-state index in [9.17, 15) is 58.5 Å². The quantitative estimate of drug-likeness (QED) is 0.168. The number of aliphatic hydroxyl groups is 3. The number of halogens is 3. The Bertz CT molecular complexity index is 2000. The zero-order chi connectivity index (χ0) is 32.7. The van der Waals surface area contributed by atoms with Gasteiger partial charge in [-0.05, 0) is 53.1 Å². The van der Waals surface area contributed by atoms with Crippen molar-refractivity contribution in [3.63, 3.8) is 0 Å². The van der Waals surface area contributed by atoms with E-state index in [1.165, 1.54) is 24.3 Å². The van der Waals surface area contributed by atoms with Gasteiger partial charge in [-0.3, -0.25) is 4.79 Å². The summed E-state index contributed by atoms with van der Waals surface area (Å²) in [6, 6.07) is 7.01. The van der Waals surface area contributed by atoms with Crippen LogP contribution in [0, 0.1) is 0 Å². The third-order valence-electron chi connectivity index (χ3n) is 7.26. The van der Waals surface area contributed by atoms with Crippen molar-refractivity contribution in [3.05, 3.63) is 42.0 Å². The molecule has 0 bridgehead atoms. The molecule has 240 valence electrons. The number of sulfone groups is 3. The maximum atomic E-state index is 13.5. The summed E-state index contributed by atoms with van der Waals surface area (Å²) in [4.78, 5) is 10.7. The Kier molecular flexibility index (Phi) is 9.64. The minimum absolute atomic E-state index is 0.0135. The Morgan fingerprint density at radius 3 is 1.30 bits per heavy atom. The summed E-state index contributed by atoms with van der Waals surface area (Å²) < 4.78 is 121. The molecule has 4 rings (SSSR count). The summed E-state index contributed by atoms with van der Waals surface area (Å²) in [7, 11) is -12.8. The molecule has 0 amide bonds. The van der Waals surface area contributed by atoms with Gasteiger partial charge < -0.3 is 15.3 Å². The van der Waals surface area contributed by atoms with Crippen molar-refractivity contribution in [2.45, 2.75) is 46.5 Å². The lowest BCUT2D eigenvalue weighted by Crippen LogP contribution is -2.24. The smallest absolute Gasteiger partial charge is 0.396 e. The van der Waals surface area contributed by atoms with Gasteiger partial charge in [-0.2, -0.15) is 13.2 Å². The van der Waals surface area contributed by atoms with Gasteiger partial charge in [-0.15, -0.1) is 0 Å². The average Bonchev–Trinajstić information content (AvgIpc) is 2.96. The number of aliphatic hydroxyl groups excluding tert-OH is 3. The second-order valence-corrected chi connectivity index (χ2v) is 16.5. The van der Waals surface area contributed by atoms with Crippen LogP contribution in [0.3, 0.4) is 0 Å². The lowest BCUT2D eigenvalue weighted by atomic mass is 9.90. The van der Waals surface area contributed by atoms with Crippen LogP contribution >= 0.6 is 0 Å². The van der Waals surface area contributed by atoms with Crippen molar-refractivity contribution in [1.82, 2.24) is 0 Å². The molecule has 0 radical (unpaired) electrons. The molecule has 0 aliphatic rings. The molecule has 0 atom stereocenters. The Morgan fingerprint density at radius 2 is 0.932 bits per heavy atom. The molecule has 44 heavy (non-hydrogen) atoms. The number of carbonyl (C=O) groups excluding carboxylic acids is 1. The van der Waals surface area contributed by atoms with Gasteiger partial charge in [-0.1, -0.05) is 24.3 Å². The molecule has 0 saturated carbocycles. The monoisotopic (exact) mass is 678 g/mol. The SMILES string of the molecule is O=C(Cc1cc(S(=O)(=O)CCCO)c2ccc3c(S(=O)(=O)CCCO)cc(S(=O)(=O)CCCO)c4ccc1c2c43)C(F)(F)F. The van der Waals surface area contributed by atoms with E-state index in [1.807, 2.05) is 0 Å². The van der Waals surface area contributed by atoms with E-state index in [1.54, 1.807) is 0 Å². The molecule has 3 N–H and O–H groups in total. The van der Waals surface area contributed by atoms with Crippen LogP contribution in [0.25, 0.3) is 32.3 Å². The van der Waals surface area contributed by atoms with Gasteiger partial charge in [0, 0.05) is 42.4 Å². The van der Waals surface area contributed by atoms with Gasteiger partial charge in [0.05, 0.1) is 31.9 Å². The highest BCUT2D eigenvalue weighted by Crippen LogP contribution is 2.44. The first-order valence-electron chi connectivity index (χ1n) is 13.4. The molecule has 16 heteroatoms. The van der Waals surface area contributed by atoms with E-state index in [0.29, 0.717) is 0 Å². The van der Waals surface area contributed by atoms with Gasteiger partial charge in [0.1, 0.15) is 0 Å². The van der Waals surface area contributed by atoms with Gasteiger partial charge in [0.2, 0.25) is 5.78 Å². The van der Waals surface area contributed by atoms with Crippen LogP contribution in [0.2, 0.25) is 0 Å². The van der Waals surface area contributed by atoms with Gasteiger partial charge in [-0.25, -0.2) is 25.3 Å². The van der Waals surface area contributed by atoms with Crippen molar-refractivity contribution in [3.8, 4) is 0 Å². The number of benzene rings is 4. The second kappa shape index (κ2) is 12.5. The first-order valence-corrected chi connectivity index (χ1v) is 18.3. The number of hydrogen-bond donors (Lipinski definition) is 3. The Balaban J connectivity index is 2.25. The van der Waals surface area contributed by atoms with Crippen molar-refractivity contribution in [1.29, 1.82) is 0 Å². The second-order valence-electron chi connectivity index (χ2n) is 10.3. The number of Topliss-reactive ketones (excluding diaryl/α,β-unsaturated/α-hetero) is 1. The number of carbonyl (C=O) groups is 1. The summed E-state index contributed by atoms with van der Waals surface area (Å²) in [5.41, 5.74) is -0.324. The largest absolute Gasteiger partial charge is 0.450 e. The van der Waals surface area contributed by atoms with Crippen LogP contribution in [0.5, 0.6) is 0 Å². The molecule has 0 heterocycles. The van der Waals surface area contributed by atoms with E-state index >= 15 is 0 Å². The molecule has 0 aromatic heterocycles. The first-order chi connectivity index (χ1) is 20.5. The highest BCUT2D eigenvalue weighted by molar-refractivity contribution is 7.92. The highest BCUT2D eigenvalue weighted by Gasteiger charge is 2.38. The van der Waals surface area contributed by atoms with Crippen molar-refractivity contribution >= 4 is 67.6 Å². The maximum Gasteiger partial charge on any atom is 0.450 e. The van der Waals surface area contributed by atoms with Crippen LogP contribution in [0.1, 0.15) is 24.8 Å². The minimum atomic E-state index is -5.25. The van der Waals surface area contributed by atoms with E-state index in [0.717, 1.165) is 12.1 Å². The van der Waals surface area contributed by atoms with Gasteiger partial charge >= 0.3 is 6.18 Å². The van der Waals surface area contributed by atoms with Crippen LogP contribution < -0.4 is 0 Å². The molecule has 0 aliphatic heterocycles. The topological polar surface area (TPSA) is 180 Å². The molecule has 10 nitrogen and oxygen atoms in total. The Labute approximate surface area is 251 Å². The lowest BCUT2D eigenvalue weighted by molar-refractivity contribution is -0.170. The highest BCUT2D eigenvalue weighted by atomic mass is 32.2. The fourth-order valence-electron chi connectivity index (χ4n) is 5.25. The maximum absolute atomic E-state index is 13.5. The first kappa shape index (κ1) is 34.0. The summed E-state index contributed by atoms with van der Waals surface area (Å²) in [5, 5.41) is 27.5. The molecule has 0 fully saturated rings. The molecular weight excluding hydrogens is 649 g/mol. The zero-order valence-electron chi connectivity index (χ0n) is 23.1. The predicted octanol–water partition coefficient (Wildman–Crippen LogP) is 2.73. The van der Waals surface area contributed by atoms with Crippen LogP contribution in [0.4, 0.5) is 13.2 Å². The van der Waals surface area contributed by atoms with Crippen molar-refractivity contribution in [2.75, 3.05) is 37.1 Å². The van der Waals surface area contributed by atoms with E-state index in [2.05, 4.69) is 0 Å². The molecule has 0 unspecified atom stereocenters. The fourth-order valence-corrected chi connectivity index (χ4v) is 9.95. The zero-order valence-corrected chi connectivity index (χ0v) is 25.5. The summed E-state index contributed by atoms with van der Waals surface area (Å²) in [5.74, 6) is -3.90. The third-order valence-corrected chi connectivity index (χ3v) is 12.8. The number of alkyl halides is 3. The third kappa shape index (κ3) is 6.41. The van der Waals surface area contributed by atoms with Gasteiger partial charge in [0.15, 0.2) is 29.5 Å². The number of hydrogen-bond acceptors (Lipinski definition) is 10. The number of ketones is 1. The van der Waals surface area contributed by atoms with Crippen molar-refractivity contribution < 1.29 is 58.5 Å². The Hall–Kier alpha value is -2.89. The molecule has 0 saturated heterocycles. The lowest BCUT2D eigenvalue weighted by Gasteiger charge is -2.21. The van der Waals surface area contributed by atoms with Crippen LogP contribution in [-0.4, -0.2) is 89.6 Å². The van der Waals surface area contributed by atoms with E-state index in [4.69, 9.17) is 0 Å². The fraction of sp³-hybridized carbons (Fsp3) is 0.393. The van der Waals surface area contributed by atoms with E-state index in [-0.39, 0.29) is 57.1 Å². The van der Waals surface area contributed by atoms with E-state index < -0.39 is 99.7 Å². The Morgan fingerprint density at radius 1 is 0.591 bits per heavy atom. The molecule has 4 aromatic carbocycles. The van der Waals surface area contributed by atoms with Gasteiger partial charge in [0.25, 0.3) is 0 Å². The predicted molar refractivity (Wildman–Crippen MR) is 156 cm³/mol. The standard InChI is InChI=1S/C28H29F3O10S3/c29-28(30,31)25(35)15-17-14-22(42(36,37)11-1-8-32)19-6-7-21-24(44(40,41)13-3-10-34)16-23(43(38,39)12-2-9-33)20-5-4-18(17)26(19)27(20)21/h4-7,14,16,32-34H,1-3,8-13,15H2. The summed E-state index contributed by atoms with van der Waals surface area (Å²) in [6.45, 7) is -1.48. The summed E-state index contributed by atoms with van der Waals surface area (Å²) in [6.07, 6.45) is -7.07.